The lowest BCUT2D eigenvalue weighted by molar-refractivity contribution is -0.132. The van der Waals surface area contributed by atoms with Gasteiger partial charge in [-0.2, -0.15) is 0 Å². The van der Waals surface area contributed by atoms with Crippen molar-refractivity contribution in [3.8, 4) is 0 Å². The number of likely N-dealkylation sites (tertiary alicyclic amines) is 1. The Bertz CT molecular complexity index is 278. The molecule has 4 atom stereocenters. The van der Waals surface area contributed by atoms with Crippen LogP contribution in [0.15, 0.2) is 0 Å². The molecular weight excluding hydrogens is 200 g/mol. The number of rotatable bonds is 1. The standard InChI is InChI=1S/C13H22N2O/c1-8-6-15(7-11(8)14)13(16)12-9-4-2-3-5-10(9)12/h8-12H,2-7,14H2,1H3. The molecule has 1 amide bonds. The van der Waals surface area contributed by atoms with Crippen molar-refractivity contribution in [1.29, 1.82) is 0 Å². The zero-order valence-corrected chi connectivity index (χ0v) is 10.1. The maximum atomic E-state index is 12.3. The average Bonchev–Trinajstić information content (AvgIpc) is 2.91. The molecule has 1 aliphatic heterocycles. The molecule has 0 bridgehead atoms. The summed E-state index contributed by atoms with van der Waals surface area (Å²) >= 11 is 0. The predicted octanol–water partition coefficient (Wildman–Crippen LogP) is 1.23. The molecule has 3 heteroatoms. The normalized spacial score (nSPS) is 46.6. The molecule has 2 N–H and O–H groups in total. The Morgan fingerprint density at radius 2 is 1.81 bits per heavy atom. The number of amides is 1. The van der Waals surface area contributed by atoms with Crippen LogP contribution in [0.3, 0.4) is 0 Å². The number of carbonyl (C=O) groups is 1. The Morgan fingerprint density at radius 3 is 2.31 bits per heavy atom. The van der Waals surface area contributed by atoms with E-state index in [2.05, 4.69) is 6.92 Å². The summed E-state index contributed by atoms with van der Waals surface area (Å²) in [5.41, 5.74) is 5.98. The molecule has 16 heavy (non-hydrogen) atoms. The first-order valence-electron chi connectivity index (χ1n) is 6.73. The second-order valence-corrected chi connectivity index (χ2v) is 6.02. The average molecular weight is 222 g/mol. The predicted molar refractivity (Wildman–Crippen MR) is 62.7 cm³/mol. The smallest absolute Gasteiger partial charge is 0.226 e. The van der Waals surface area contributed by atoms with Crippen LogP contribution in [0.4, 0.5) is 0 Å². The van der Waals surface area contributed by atoms with Crippen molar-refractivity contribution in [3.05, 3.63) is 0 Å². The molecule has 3 nitrogen and oxygen atoms in total. The lowest BCUT2D eigenvalue weighted by Crippen LogP contribution is -2.33. The summed E-state index contributed by atoms with van der Waals surface area (Å²) in [6.07, 6.45) is 5.24. The van der Waals surface area contributed by atoms with E-state index in [0.29, 0.717) is 17.7 Å². The molecular formula is C13H22N2O. The Labute approximate surface area is 97.4 Å². The summed E-state index contributed by atoms with van der Waals surface area (Å²) in [4.78, 5) is 14.4. The van der Waals surface area contributed by atoms with Gasteiger partial charge in [0.2, 0.25) is 5.91 Å². The van der Waals surface area contributed by atoms with E-state index in [0.717, 1.165) is 24.9 Å². The summed E-state index contributed by atoms with van der Waals surface area (Å²) in [5.74, 6) is 2.73. The maximum Gasteiger partial charge on any atom is 0.226 e. The summed E-state index contributed by atoms with van der Waals surface area (Å²) in [6.45, 7) is 3.82. The van der Waals surface area contributed by atoms with Gasteiger partial charge in [0.25, 0.3) is 0 Å². The number of fused-ring (bicyclic) bond motifs is 1. The summed E-state index contributed by atoms with van der Waals surface area (Å²) in [5, 5.41) is 0. The van der Waals surface area contributed by atoms with E-state index in [4.69, 9.17) is 5.73 Å². The van der Waals surface area contributed by atoms with Gasteiger partial charge < -0.3 is 10.6 Å². The van der Waals surface area contributed by atoms with Crippen LogP contribution in [-0.4, -0.2) is 29.9 Å². The van der Waals surface area contributed by atoms with E-state index in [-0.39, 0.29) is 6.04 Å². The SMILES string of the molecule is CC1CN(C(=O)C2C3CCCCC32)CC1N. The fourth-order valence-corrected chi connectivity index (χ4v) is 3.74. The largest absolute Gasteiger partial charge is 0.341 e. The Morgan fingerprint density at radius 1 is 1.19 bits per heavy atom. The van der Waals surface area contributed by atoms with Gasteiger partial charge in [-0.1, -0.05) is 19.8 Å². The number of carbonyl (C=O) groups excluding carboxylic acids is 1. The van der Waals surface area contributed by atoms with Crippen LogP contribution >= 0.6 is 0 Å². The number of hydrogen-bond acceptors (Lipinski definition) is 2. The van der Waals surface area contributed by atoms with Crippen LogP contribution in [0, 0.1) is 23.7 Å². The highest BCUT2D eigenvalue weighted by molar-refractivity contribution is 5.82. The highest BCUT2D eigenvalue weighted by Crippen LogP contribution is 2.56. The van der Waals surface area contributed by atoms with Crippen molar-refractivity contribution in [3.63, 3.8) is 0 Å². The molecule has 1 heterocycles. The molecule has 90 valence electrons. The van der Waals surface area contributed by atoms with Gasteiger partial charge in [0, 0.05) is 25.0 Å². The van der Waals surface area contributed by atoms with Crippen molar-refractivity contribution in [2.24, 2.45) is 29.4 Å². The molecule has 2 aliphatic carbocycles. The first kappa shape index (κ1) is 10.6. The van der Waals surface area contributed by atoms with Gasteiger partial charge in [-0.25, -0.2) is 0 Å². The molecule has 0 aromatic rings. The van der Waals surface area contributed by atoms with Crippen LogP contribution < -0.4 is 5.73 Å². The van der Waals surface area contributed by atoms with Crippen LogP contribution in [0.5, 0.6) is 0 Å². The molecule has 0 aromatic heterocycles. The zero-order chi connectivity index (χ0) is 11.3. The lowest BCUT2D eigenvalue weighted by Gasteiger charge is -2.15. The molecule has 0 aromatic carbocycles. The van der Waals surface area contributed by atoms with Crippen LogP contribution in [0.25, 0.3) is 0 Å². The van der Waals surface area contributed by atoms with Gasteiger partial charge in [0.15, 0.2) is 0 Å². The van der Waals surface area contributed by atoms with Crippen molar-refractivity contribution in [2.75, 3.05) is 13.1 Å². The van der Waals surface area contributed by atoms with Crippen molar-refractivity contribution >= 4 is 5.91 Å². The van der Waals surface area contributed by atoms with Crippen LogP contribution in [-0.2, 0) is 4.79 Å². The molecule has 0 radical (unpaired) electrons. The van der Waals surface area contributed by atoms with E-state index in [1.807, 2.05) is 4.90 Å². The number of nitrogens with two attached hydrogens (primary N) is 1. The Kier molecular flexibility index (Phi) is 2.46. The second kappa shape index (κ2) is 3.73. The van der Waals surface area contributed by atoms with Crippen LogP contribution in [0.2, 0.25) is 0 Å². The van der Waals surface area contributed by atoms with Crippen molar-refractivity contribution in [2.45, 2.75) is 38.6 Å². The third-order valence-electron chi connectivity index (χ3n) is 4.92. The van der Waals surface area contributed by atoms with E-state index in [9.17, 15) is 4.79 Å². The zero-order valence-electron chi connectivity index (χ0n) is 10.1. The molecule has 3 rings (SSSR count). The molecule has 3 aliphatic rings. The lowest BCUT2D eigenvalue weighted by atomic mass is 10.0. The summed E-state index contributed by atoms with van der Waals surface area (Å²) in [6, 6.07) is 0.199. The highest BCUT2D eigenvalue weighted by atomic mass is 16.2. The minimum absolute atomic E-state index is 0.199. The van der Waals surface area contributed by atoms with E-state index in [1.165, 1.54) is 25.7 Å². The third-order valence-corrected chi connectivity index (χ3v) is 4.92. The van der Waals surface area contributed by atoms with Gasteiger partial charge in [0.1, 0.15) is 0 Å². The molecule has 0 spiro atoms. The minimum Gasteiger partial charge on any atom is -0.341 e. The van der Waals surface area contributed by atoms with E-state index in [1.54, 1.807) is 0 Å². The molecule has 4 unspecified atom stereocenters. The van der Waals surface area contributed by atoms with Crippen molar-refractivity contribution < 1.29 is 4.79 Å². The summed E-state index contributed by atoms with van der Waals surface area (Å²) < 4.78 is 0. The topological polar surface area (TPSA) is 46.3 Å². The third kappa shape index (κ3) is 1.56. The van der Waals surface area contributed by atoms with E-state index < -0.39 is 0 Å². The first-order valence-corrected chi connectivity index (χ1v) is 6.73. The first-order chi connectivity index (χ1) is 7.68. The van der Waals surface area contributed by atoms with Gasteiger partial charge in [-0.15, -0.1) is 0 Å². The minimum atomic E-state index is 0.199. The van der Waals surface area contributed by atoms with Gasteiger partial charge in [-0.05, 0) is 30.6 Å². The van der Waals surface area contributed by atoms with Gasteiger partial charge >= 0.3 is 0 Å². The Hall–Kier alpha value is -0.570. The fourth-order valence-electron chi connectivity index (χ4n) is 3.74. The molecule has 2 saturated carbocycles. The number of hydrogen-bond donors (Lipinski definition) is 1. The van der Waals surface area contributed by atoms with Crippen LogP contribution in [0.1, 0.15) is 32.6 Å². The molecule has 1 saturated heterocycles. The quantitative estimate of drug-likeness (QED) is 0.725. The van der Waals surface area contributed by atoms with Gasteiger partial charge in [0.05, 0.1) is 0 Å². The van der Waals surface area contributed by atoms with Crippen molar-refractivity contribution in [1.82, 2.24) is 4.90 Å². The Balaban J connectivity index is 1.62. The van der Waals surface area contributed by atoms with E-state index >= 15 is 0 Å². The second-order valence-electron chi connectivity index (χ2n) is 6.02. The van der Waals surface area contributed by atoms with Gasteiger partial charge in [-0.3, -0.25) is 4.79 Å². The monoisotopic (exact) mass is 222 g/mol. The summed E-state index contributed by atoms with van der Waals surface area (Å²) in [7, 11) is 0. The highest BCUT2D eigenvalue weighted by Gasteiger charge is 2.56. The fraction of sp³-hybridized carbons (Fsp3) is 0.923. The maximum absolute atomic E-state index is 12.3. The number of nitrogens with zero attached hydrogens (tertiary/aromatic N) is 1. The molecule has 3 fully saturated rings.